The van der Waals surface area contributed by atoms with Gasteiger partial charge in [0.1, 0.15) is 0 Å². The maximum absolute atomic E-state index is 5.43. The third-order valence-corrected chi connectivity index (χ3v) is 3.16. The van der Waals surface area contributed by atoms with Crippen LogP contribution in [0.1, 0.15) is 25.7 Å². The van der Waals surface area contributed by atoms with E-state index in [0.29, 0.717) is 18.5 Å². The zero-order valence-electron chi connectivity index (χ0n) is 10.5. The first-order valence-electron chi connectivity index (χ1n) is 6.00. The minimum absolute atomic E-state index is 0.260. The van der Waals surface area contributed by atoms with E-state index in [9.17, 15) is 0 Å². The van der Waals surface area contributed by atoms with E-state index >= 15 is 0 Å². The van der Waals surface area contributed by atoms with Crippen LogP contribution in [-0.2, 0) is 11.3 Å². The van der Waals surface area contributed by atoms with Crippen LogP contribution in [-0.4, -0.2) is 37.0 Å². The van der Waals surface area contributed by atoms with Gasteiger partial charge >= 0.3 is 6.01 Å². The van der Waals surface area contributed by atoms with Gasteiger partial charge in [-0.25, -0.2) is 0 Å². The third-order valence-electron chi connectivity index (χ3n) is 3.16. The number of hydrogen-bond acceptors (Lipinski definition) is 6. The lowest BCUT2D eigenvalue weighted by Crippen LogP contribution is -2.33. The molecule has 1 fully saturated rings. The third kappa shape index (κ3) is 3.41. The fraction of sp³-hybridized carbons (Fsp3) is 0.818. The summed E-state index contributed by atoms with van der Waals surface area (Å²) in [4.78, 5) is 0. The molecule has 2 heterocycles. The van der Waals surface area contributed by atoms with Crippen LogP contribution in [0.25, 0.3) is 0 Å². The van der Waals surface area contributed by atoms with Crippen LogP contribution < -0.4 is 10.6 Å². The Morgan fingerprint density at radius 2 is 2.06 bits per heavy atom. The van der Waals surface area contributed by atoms with E-state index in [1.54, 1.807) is 0 Å². The largest absolute Gasteiger partial charge is 0.407 e. The van der Waals surface area contributed by atoms with E-state index in [1.807, 2.05) is 7.05 Å². The fourth-order valence-electron chi connectivity index (χ4n) is 1.88. The van der Waals surface area contributed by atoms with E-state index in [0.717, 1.165) is 32.6 Å². The van der Waals surface area contributed by atoms with Gasteiger partial charge in [0.15, 0.2) is 0 Å². The van der Waals surface area contributed by atoms with Gasteiger partial charge in [0.05, 0.1) is 6.54 Å². The first-order valence-corrected chi connectivity index (χ1v) is 6.00. The van der Waals surface area contributed by atoms with Crippen molar-refractivity contribution in [2.24, 2.45) is 5.41 Å². The lowest BCUT2D eigenvalue weighted by molar-refractivity contribution is 0.0298. The van der Waals surface area contributed by atoms with Crippen LogP contribution in [0.5, 0.6) is 0 Å². The Hall–Kier alpha value is -1.14. The minimum atomic E-state index is 0.260. The molecule has 0 radical (unpaired) electrons. The van der Waals surface area contributed by atoms with Crippen LogP contribution in [0.4, 0.5) is 6.01 Å². The maximum atomic E-state index is 5.43. The lowest BCUT2D eigenvalue weighted by atomic mass is 9.82. The van der Waals surface area contributed by atoms with Gasteiger partial charge in [0.25, 0.3) is 0 Å². The first kappa shape index (κ1) is 12.3. The van der Waals surface area contributed by atoms with Crippen LogP contribution in [0, 0.1) is 5.41 Å². The summed E-state index contributed by atoms with van der Waals surface area (Å²) < 4.78 is 10.8. The molecular weight excluding hydrogens is 220 g/mol. The lowest BCUT2D eigenvalue weighted by Gasteiger charge is -2.33. The molecule has 0 saturated carbocycles. The molecule has 17 heavy (non-hydrogen) atoms. The highest BCUT2D eigenvalue weighted by Crippen LogP contribution is 2.29. The van der Waals surface area contributed by atoms with Gasteiger partial charge in [-0.3, -0.25) is 0 Å². The van der Waals surface area contributed by atoms with E-state index in [-0.39, 0.29) is 5.41 Å². The molecule has 0 bridgehead atoms. The van der Waals surface area contributed by atoms with Crippen molar-refractivity contribution in [1.29, 1.82) is 0 Å². The van der Waals surface area contributed by atoms with Crippen LogP contribution >= 0.6 is 0 Å². The summed E-state index contributed by atoms with van der Waals surface area (Å²) in [7, 11) is 1.85. The average Bonchev–Trinajstić information content (AvgIpc) is 2.76. The molecule has 1 aromatic rings. The van der Waals surface area contributed by atoms with Gasteiger partial charge in [-0.1, -0.05) is 12.0 Å². The van der Waals surface area contributed by atoms with Crippen LogP contribution in [0.3, 0.4) is 0 Å². The molecule has 0 aromatic carbocycles. The molecule has 0 spiro atoms. The summed E-state index contributed by atoms with van der Waals surface area (Å²) in [6, 6.07) is 0.503. The summed E-state index contributed by atoms with van der Waals surface area (Å²) in [6.07, 6.45) is 2.13. The van der Waals surface area contributed by atoms with Gasteiger partial charge in [0.2, 0.25) is 5.89 Å². The molecule has 96 valence electrons. The molecule has 6 nitrogen and oxygen atoms in total. The van der Waals surface area contributed by atoms with Crippen molar-refractivity contribution in [1.82, 2.24) is 15.5 Å². The van der Waals surface area contributed by atoms with Crippen molar-refractivity contribution >= 4 is 6.01 Å². The average molecular weight is 240 g/mol. The molecule has 1 saturated heterocycles. The first-order chi connectivity index (χ1) is 8.22. The standard InChI is InChI=1S/C11H20N4O2/c1-11(3-5-16-6-4-11)8-13-10-15-14-9(17-10)7-12-2/h12H,3-8H2,1-2H3,(H,13,15). The zero-order valence-corrected chi connectivity index (χ0v) is 10.5. The Balaban J connectivity index is 1.83. The van der Waals surface area contributed by atoms with Crippen LogP contribution in [0.2, 0.25) is 0 Å². The Bertz CT molecular complexity index is 347. The van der Waals surface area contributed by atoms with E-state index in [1.165, 1.54) is 0 Å². The molecule has 1 aliphatic rings. The Labute approximate surface area is 101 Å². The number of anilines is 1. The number of hydrogen-bond donors (Lipinski definition) is 2. The highest BCUT2D eigenvalue weighted by Gasteiger charge is 2.27. The molecule has 0 unspecified atom stereocenters. The summed E-state index contributed by atoms with van der Waals surface area (Å²) in [5.41, 5.74) is 0.260. The van der Waals surface area contributed by atoms with Crippen molar-refractivity contribution in [2.75, 3.05) is 32.1 Å². The molecule has 2 N–H and O–H groups in total. The summed E-state index contributed by atoms with van der Waals surface area (Å²) in [5, 5.41) is 14.1. The van der Waals surface area contributed by atoms with Gasteiger partial charge in [-0.2, -0.15) is 0 Å². The summed E-state index contributed by atoms with van der Waals surface area (Å²) in [5.74, 6) is 0.604. The zero-order chi connectivity index (χ0) is 12.1. The Morgan fingerprint density at radius 1 is 1.29 bits per heavy atom. The quantitative estimate of drug-likeness (QED) is 0.800. The second kappa shape index (κ2) is 5.46. The van der Waals surface area contributed by atoms with Crippen molar-refractivity contribution in [2.45, 2.75) is 26.3 Å². The number of rotatable bonds is 5. The Morgan fingerprint density at radius 3 is 2.76 bits per heavy atom. The predicted molar refractivity (Wildman–Crippen MR) is 63.7 cm³/mol. The molecular formula is C11H20N4O2. The van der Waals surface area contributed by atoms with Crippen LogP contribution in [0.15, 0.2) is 4.42 Å². The van der Waals surface area contributed by atoms with Gasteiger partial charge < -0.3 is 19.8 Å². The van der Waals surface area contributed by atoms with Gasteiger partial charge in [0, 0.05) is 19.8 Å². The molecule has 2 rings (SSSR count). The highest BCUT2D eigenvalue weighted by atomic mass is 16.5. The normalized spacial score (nSPS) is 19.2. The molecule has 1 aliphatic heterocycles. The van der Waals surface area contributed by atoms with Gasteiger partial charge in [-0.15, -0.1) is 5.10 Å². The molecule has 6 heteroatoms. The number of nitrogens with one attached hydrogen (secondary N) is 2. The SMILES string of the molecule is CNCc1nnc(NCC2(C)CCOCC2)o1. The predicted octanol–water partition coefficient (Wildman–Crippen LogP) is 1.02. The minimum Gasteiger partial charge on any atom is -0.407 e. The topological polar surface area (TPSA) is 72.2 Å². The summed E-state index contributed by atoms with van der Waals surface area (Å²) >= 11 is 0. The molecule has 0 atom stereocenters. The van der Waals surface area contributed by atoms with Crippen molar-refractivity contribution in [3.8, 4) is 0 Å². The van der Waals surface area contributed by atoms with Crippen molar-refractivity contribution in [3.05, 3.63) is 5.89 Å². The fourth-order valence-corrected chi connectivity index (χ4v) is 1.88. The van der Waals surface area contributed by atoms with E-state index in [4.69, 9.17) is 9.15 Å². The Kier molecular flexibility index (Phi) is 3.96. The monoisotopic (exact) mass is 240 g/mol. The molecule has 1 aromatic heterocycles. The smallest absolute Gasteiger partial charge is 0.315 e. The second-order valence-corrected chi connectivity index (χ2v) is 4.81. The number of aromatic nitrogens is 2. The molecule has 0 aliphatic carbocycles. The maximum Gasteiger partial charge on any atom is 0.315 e. The van der Waals surface area contributed by atoms with Crippen molar-refractivity contribution < 1.29 is 9.15 Å². The molecule has 0 amide bonds. The number of nitrogens with zero attached hydrogens (tertiary/aromatic N) is 2. The van der Waals surface area contributed by atoms with E-state index < -0.39 is 0 Å². The van der Waals surface area contributed by atoms with Crippen molar-refractivity contribution in [3.63, 3.8) is 0 Å². The second-order valence-electron chi connectivity index (χ2n) is 4.81. The number of ether oxygens (including phenoxy) is 1. The summed E-state index contributed by atoms with van der Waals surface area (Å²) in [6.45, 7) is 5.38. The highest BCUT2D eigenvalue weighted by molar-refractivity contribution is 5.17. The van der Waals surface area contributed by atoms with Gasteiger partial charge in [-0.05, 0) is 25.3 Å². The van der Waals surface area contributed by atoms with E-state index in [2.05, 4.69) is 27.8 Å².